The monoisotopic (exact) mass is 281 g/mol. The Kier molecular flexibility index (Phi) is 2.56. The Bertz CT molecular complexity index is 836. The molecule has 3 aromatic rings. The van der Waals surface area contributed by atoms with E-state index in [1.165, 1.54) is 18.3 Å². The van der Waals surface area contributed by atoms with Crippen molar-refractivity contribution in [1.29, 1.82) is 0 Å². The molecule has 20 heavy (non-hydrogen) atoms. The zero-order valence-corrected chi connectivity index (χ0v) is 9.72. The predicted molar refractivity (Wildman–Crippen MR) is 62.3 cm³/mol. The number of hydrogen-bond donors (Lipinski definition) is 1. The topological polar surface area (TPSA) is 76.5 Å². The van der Waals surface area contributed by atoms with E-state index in [2.05, 4.69) is 20.5 Å². The van der Waals surface area contributed by atoms with Gasteiger partial charge in [0.05, 0.1) is 17.4 Å². The van der Waals surface area contributed by atoms with Crippen LogP contribution in [0, 0.1) is 0 Å². The summed E-state index contributed by atoms with van der Waals surface area (Å²) >= 11 is 0. The average Bonchev–Trinajstić information content (AvgIpc) is 2.83. The SMILES string of the molecule is O=c1[nH]nnc2c1cnn2-c1cccc(C(F)(F)F)c1. The van der Waals surface area contributed by atoms with Crippen LogP contribution in [0.3, 0.4) is 0 Å². The lowest BCUT2D eigenvalue weighted by molar-refractivity contribution is -0.137. The number of aromatic amines is 1. The van der Waals surface area contributed by atoms with Crippen LogP contribution >= 0.6 is 0 Å². The van der Waals surface area contributed by atoms with E-state index < -0.39 is 17.3 Å². The van der Waals surface area contributed by atoms with Gasteiger partial charge in [0.15, 0.2) is 5.65 Å². The van der Waals surface area contributed by atoms with Crippen LogP contribution in [0.1, 0.15) is 5.56 Å². The van der Waals surface area contributed by atoms with E-state index in [0.29, 0.717) is 0 Å². The van der Waals surface area contributed by atoms with E-state index in [1.807, 2.05) is 0 Å². The Morgan fingerprint density at radius 1 is 1.25 bits per heavy atom. The highest BCUT2D eigenvalue weighted by Gasteiger charge is 2.30. The van der Waals surface area contributed by atoms with E-state index >= 15 is 0 Å². The van der Waals surface area contributed by atoms with Crippen molar-refractivity contribution >= 4 is 11.0 Å². The first kappa shape index (κ1) is 12.3. The minimum Gasteiger partial charge on any atom is -0.267 e. The molecule has 0 amide bonds. The number of halogens is 3. The quantitative estimate of drug-likeness (QED) is 0.733. The summed E-state index contributed by atoms with van der Waals surface area (Å²) in [5.41, 5.74) is -1.08. The van der Waals surface area contributed by atoms with E-state index in [4.69, 9.17) is 0 Å². The third kappa shape index (κ3) is 1.92. The number of hydrogen-bond acceptors (Lipinski definition) is 4. The number of rotatable bonds is 1. The standard InChI is InChI=1S/C11H6F3N5O/c12-11(13,14)6-2-1-3-7(4-6)19-9-8(5-15-19)10(20)17-18-16-9/h1-5H,(H,16,17,20). The first-order valence-electron chi connectivity index (χ1n) is 5.43. The summed E-state index contributed by atoms with van der Waals surface area (Å²) in [6.45, 7) is 0. The van der Waals surface area contributed by atoms with Gasteiger partial charge in [0.2, 0.25) is 0 Å². The highest BCUT2D eigenvalue weighted by atomic mass is 19.4. The second-order valence-electron chi connectivity index (χ2n) is 3.98. The minimum absolute atomic E-state index is 0.0908. The van der Waals surface area contributed by atoms with Crippen LogP contribution in [0.25, 0.3) is 16.7 Å². The van der Waals surface area contributed by atoms with Gasteiger partial charge in [0, 0.05) is 0 Å². The van der Waals surface area contributed by atoms with Crippen LogP contribution in [0.2, 0.25) is 0 Å². The molecule has 2 heterocycles. The number of H-pyrrole nitrogens is 1. The highest BCUT2D eigenvalue weighted by molar-refractivity contribution is 5.74. The van der Waals surface area contributed by atoms with Crippen molar-refractivity contribution < 1.29 is 13.2 Å². The highest BCUT2D eigenvalue weighted by Crippen LogP contribution is 2.30. The normalized spacial score (nSPS) is 11.9. The van der Waals surface area contributed by atoms with Crippen LogP contribution in [0.5, 0.6) is 0 Å². The summed E-state index contributed by atoms with van der Waals surface area (Å²) in [6.07, 6.45) is -3.23. The molecule has 1 aromatic carbocycles. The third-order valence-corrected chi connectivity index (χ3v) is 2.70. The number of fused-ring (bicyclic) bond motifs is 1. The van der Waals surface area contributed by atoms with Gasteiger partial charge in [-0.1, -0.05) is 11.3 Å². The van der Waals surface area contributed by atoms with Crippen molar-refractivity contribution in [2.75, 3.05) is 0 Å². The van der Waals surface area contributed by atoms with Crippen LogP contribution < -0.4 is 5.56 Å². The maximum absolute atomic E-state index is 12.7. The molecular formula is C11H6F3N5O. The lowest BCUT2D eigenvalue weighted by Crippen LogP contribution is -2.10. The molecule has 6 nitrogen and oxygen atoms in total. The maximum Gasteiger partial charge on any atom is 0.416 e. The van der Waals surface area contributed by atoms with E-state index in [1.54, 1.807) is 0 Å². The average molecular weight is 281 g/mol. The molecule has 0 fully saturated rings. The molecule has 3 rings (SSSR count). The van der Waals surface area contributed by atoms with Gasteiger partial charge in [-0.15, -0.1) is 5.10 Å². The molecule has 0 unspecified atom stereocenters. The lowest BCUT2D eigenvalue weighted by atomic mass is 10.2. The summed E-state index contributed by atoms with van der Waals surface area (Å²) in [5, 5.41) is 13.2. The summed E-state index contributed by atoms with van der Waals surface area (Å²) in [7, 11) is 0. The Hall–Kier alpha value is -2.71. The van der Waals surface area contributed by atoms with Crippen LogP contribution in [-0.4, -0.2) is 25.2 Å². The largest absolute Gasteiger partial charge is 0.416 e. The third-order valence-electron chi connectivity index (χ3n) is 2.70. The van der Waals surface area contributed by atoms with Crippen molar-refractivity contribution in [2.24, 2.45) is 0 Å². The second kappa shape index (κ2) is 4.15. The molecule has 0 aliphatic rings. The van der Waals surface area contributed by atoms with Crippen molar-refractivity contribution in [1.82, 2.24) is 25.2 Å². The van der Waals surface area contributed by atoms with Gasteiger partial charge in [0.1, 0.15) is 5.39 Å². The van der Waals surface area contributed by atoms with Gasteiger partial charge < -0.3 is 0 Å². The maximum atomic E-state index is 12.7. The summed E-state index contributed by atoms with van der Waals surface area (Å²) < 4.78 is 39.2. The fraction of sp³-hybridized carbons (Fsp3) is 0.0909. The molecule has 0 radical (unpaired) electrons. The lowest BCUT2D eigenvalue weighted by Gasteiger charge is -2.08. The Labute approximate surface area is 108 Å². The van der Waals surface area contributed by atoms with Gasteiger partial charge in [0.25, 0.3) is 5.56 Å². The molecule has 102 valence electrons. The Morgan fingerprint density at radius 2 is 2.05 bits per heavy atom. The van der Waals surface area contributed by atoms with Crippen molar-refractivity contribution in [2.45, 2.75) is 6.18 Å². The smallest absolute Gasteiger partial charge is 0.267 e. The zero-order valence-electron chi connectivity index (χ0n) is 9.72. The number of aromatic nitrogens is 5. The van der Waals surface area contributed by atoms with Gasteiger partial charge in [-0.2, -0.15) is 18.3 Å². The fourth-order valence-corrected chi connectivity index (χ4v) is 1.78. The summed E-state index contributed by atoms with van der Waals surface area (Å²) in [4.78, 5) is 11.5. The molecule has 1 N–H and O–H groups in total. The Morgan fingerprint density at radius 3 is 2.80 bits per heavy atom. The molecule has 0 bridgehead atoms. The molecular weight excluding hydrogens is 275 g/mol. The second-order valence-corrected chi connectivity index (χ2v) is 3.98. The van der Waals surface area contributed by atoms with Gasteiger partial charge >= 0.3 is 6.18 Å². The van der Waals surface area contributed by atoms with E-state index in [-0.39, 0.29) is 16.7 Å². The number of nitrogens with one attached hydrogen (secondary N) is 1. The van der Waals surface area contributed by atoms with E-state index in [9.17, 15) is 18.0 Å². The molecule has 0 saturated carbocycles. The zero-order chi connectivity index (χ0) is 14.3. The van der Waals surface area contributed by atoms with Gasteiger partial charge in [-0.3, -0.25) is 4.79 Å². The van der Waals surface area contributed by atoms with Crippen LogP contribution in [0.15, 0.2) is 35.3 Å². The first-order valence-corrected chi connectivity index (χ1v) is 5.43. The molecule has 2 aromatic heterocycles. The van der Waals surface area contributed by atoms with Crippen molar-refractivity contribution in [3.63, 3.8) is 0 Å². The summed E-state index contributed by atoms with van der Waals surface area (Å²) in [6, 6.07) is 4.57. The molecule has 0 saturated heterocycles. The van der Waals surface area contributed by atoms with Crippen molar-refractivity contribution in [3.8, 4) is 5.69 Å². The minimum atomic E-state index is -4.46. The van der Waals surface area contributed by atoms with Crippen LogP contribution in [0.4, 0.5) is 13.2 Å². The molecule has 0 spiro atoms. The van der Waals surface area contributed by atoms with Crippen LogP contribution in [-0.2, 0) is 6.18 Å². The first-order chi connectivity index (χ1) is 9.47. The fourth-order valence-electron chi connectivity index (χ4n) is 1.78. The Balaban J connectivity index is 2.22. The summed E-state index contributed by atoms with van der Waals surface area (Å²) in [5.74, 6) is 0. The molecule has 0 aliphatic heterocycles. The number of benzene rings is 1. The molecule has 0 atom stereocenters. The van der Waals surface area contributed by atoms with Crippen molar-refractivity contribution in [3.05, 3.63) is 46.4 Å². The van der Waals surface area contributed by atoms with E-state index in [0.717, 1.165) is 16.8 Å². The predicted octanol–water partition coefficient (Wildman–Crippen LogP) is 1.52. The van der Waals surface area contributed by atoms with Gasteiger partial charge in [-0.05, 0) is 18.2 Å². The van der Waals surface area contributed by atoms with Gasteiger partial charge in [-0.25, -0.2) is 9.78 Å². The molecule has 0 aliphatic carbocycles. The molecule has 9 heteroatoms. The number of alkyl halides is 3. The number of nitrogens with zero attached hydrogens (tertiary/aromatic N) is 4.